The van der Waals surface area contributed by atoms with Crippen LogP contribution in [0.15, 0.2) is 30.3 Å². The van der Waals surface area contributed by atoms with Gasteiger partial charge in [-0.3, -0.25) is 4.57 Å². The molecule has 0 amide bonds. The van der Waals surface area contributed by atoms with Gasteiger partial charge in [-0.25, -0.2) is 0 Å². The van der Waals surface area contributed by atoms with E-state index in [0.29, 0.717) is 13.0 Å². The van der Waals surface area contributed by atoms with Gasteiger partial charge in [0.05, 0.1) is 6.61 Å². The minimum Gasteiger partial charge on any atom is -0.317 e. The molecule has 0 spiro atoms. The first-order valence-corrected chi connectivity index (χ1v) is 6.83. The fourth-order valence-electron chi connectivity index (χ4n) is 1.43. The maximum absolute atomic E-state index is 12.1. The molecule has 16 heavy (non-hydrogen) atoms. The van der Waals surface area contributed by atoms with Gasteiger partial charge in [-0.15, -0.1) is 0 Å². The van der Waals surface area contributed by atoms with Gasteiger partial charge < -0.3 is 14.8 Å². The van der Waals surface area contributed by atoms with E-state index in [1.54, 1.807) is 6.92 Å². The van der Waals surface area contributed by atoms with E-state index in [9.17, 15) is 4.57 Å². The number of benzene rings is 1. The molecule has 1 aromatic rings. The van der Waals surface area contributed by atoms with Gasteiger partial charge in [-0.05, 0) is 18.9 Å². The van der Waals surface area contributed by atoms with Crippen LogP contribution in [0, 0.1) is 0 Å². The van der Waals surface area contributed by atoms with Crippen LogP contribution in [0.3, 0.4) is 0 Å². The predicted octanol–water partition coefficient (Wildman–Crippen LogP) is 2.39. The lowest BCUT2D eigenvalue weighted by Gasteiger charge is -2.21. The van der Waals surface area contributed by atoms with Gasteiger partial charge in [0, 0.05) is 7.11 Å². The lowest BCUT2D eigenvalue weighted by molar-refractivity contribution is 0.235. The molecule has 2 N–H and O–H groups in total. The first kappa shape index (κ1) is 13.4. The maximum atomic E-state index is 12.1. The highest BCUT2D eigenvalue weighted by Gasteiger charge is 2.31. The zero-order valence-electron chi connectivity index (χ0n) is 9.63. The van der Waals surface area contributed by atoms with Crippen molar-refractivity contribution in [3.05, 3.63) is 35.9 Å². The highest BCUT2D eigenvalue weighted by atomic mass is 31.2. The minimum atomic E-state index is -3.18. The van der Waals surface area contributed by atoms with Crippen molar-refractivity contribution < 1.29 is 13.6 Å². The summed E-state index contributed by atoms with van der Waals surface area (Å²) in [6.07, 6.45) is 0.478. The zero-order valence-corrected chi connectivity index (χ0v) is 10.5. The summed E-state index contributed by atoms with van der Waals surface area (Å²) in [4.78, 5) is 0. The van der Waals surface area contributed by atoms with E-state index in [1.165, 1.54) is 7.11 Å². The minimum absolute atomic E-state index is 0.327. The third-order valence-electron chi connectivity index (χ3n) is 2.26. The highest BCUT2D eigenvalue weighted by molar-refractivity contribution is 7.54. The summed E-state index contributed by atoms with van der Waals surface area (Å²) in [5, 5.41) is 0. The normalized spacial score (nSPS) is 16.7. The molecule has 0 bridgehead atoms. The lowest BCUT2D eigenvalue weighted by Crippen LogP contribution is -2.25. The van der Waals surface area contributed by atoms with Gasteiger partial charge in [0.25, 0.3) is 0 Å². The molecule has 2 atom stereocenters. The SMILES string of the molecule is CCOP(=O)(OC)C(N)Cc1ccccc1. The van der Waals surface area contributed by atoms with Crippen LogP contribution in [-0.2, 0) is 20.0 Å². The Kier molecular flexibility index (Phi) is 5.16. The predicted molar refractivity (Wildman–Crippen MR) is 64.4 cm³/mol. The molecule has 0 saturated heterocycles. The lowest BCUT2D eigenvalue weighted by atomic mass is 10.2. The average molecular weight is 243 g/mol. The molecule has 4 nitrogen and oxygen atoms in total. The van der Waals surface area contributed by atoms with Crippen molar-refractivity contribution in [1.82, 2.24) is 0 Å². The topological polar surface area (TPSA) is 61.5 Å². The molecule has 1 aromatic carbocycles. The van der Waals surface area contributed by atoms with E-state index in [-0.39, 0.29) is 0 Å². The summed E-state index contributed by atoms with van der Waals surface area (Å²) in [6, 6.07) is 9.63. The Bertz CT molecular complexity index is 356. The molecule has 0 radical (unpaired) electrons. The summed E-state index contributed by atoms with van der Waals surface area (Å²) in [5.74, 6) is -0.625. The summed E-state index contributed by atoms with van der Waals surface area (Å²) < 4.78 is 22.2. The molecule has 0 fully saturated rings. The molecule has 90 valence electrons. The second-order valence-corrected chi connectivity index (χ2v) is 5.76. The van der Waals surface area contributed by atoms with Crippen molar-refractivity contribution >= 4 is 7.60 Å². The molecule has 0 aliphatic heterocycles. The van der Waals surface area contributed by atoms with Crippen molar-refractivity contribution in [3.63, 3.8) is 0 Å². The first-order valence-electron chi connectivity index (χ1n) is 5.22. The standard InChI is InChI=1S/C11H18NO3P/c1-3-15-16(13,14-2)11(12)9-10-7-5-4-6-8-10/h4-8,11H,3,9,12H2,1-2H3. The second-order valence-electron chi connectivity index (χ2n) is 3.40. The second kappa shape index (κ2) is 6.16. The molecular weight excluding hydrogens is 225 g/mol. The van der Waals surface area contributed by atoms with Crippen molar-refractivity contribution in [2.24, 2.45) is 5.73 Å². The van der Waals surface area contributed by atoms with Crippen LogP contribution < -0.4 is 5.73 Å². The fraction of sp³-hybridized carbons (Fsp3) is 0.455. The third kappa shape index (κ3) is 3.42. The molecular formula is C11H18NO3P. The Hall–Kier alpha value is -0.670. The van der Waals surface area contributed by atoms with Gasteiger partial charge in [0.1, 0.15) is 5.78 Å². The van der Waals surface area contributed by atoms with E-state index in [0.717, 1.165) is 5.56 Å². The van der Waals surface area contributed by atoms with Gasteiger partial charge in [0.2, 0.25) is 0 Å². The van der Waals surface area contributed by atoms with Gasteiger partial charge in [0.15, 0.2) is 0 Å². The van der Waals surface area contributed by atoms with Crippen LogP contribution in [0.1, 0.15) is 12.5 Å². The highest BCUT2D eigenvalue weighted by Crippen LogP contribution is 2.50. The Balaban J connectivity index is 2.70. The molecule has 0 aliphatic rings. The van der Waals surface area contributed by atoms with Gasteiger partial charge >= 0.3 is 7.60 Å². The number of hydrogen-bond donors (Lipinski definition) is 1. The van der Waals surface area contributed by atoms with Gasteiger partial charge in [-0.2, -0.15) is 0 Å². The van der Waals surface area contributed by atoms with Crippen LogP contribution in [0.5, 0.6) is 0 Å². The van der Waals surface area contributed by atoms with E-state index in [1.807, 2.05) is 30.3 Å². The molecule has 0 saturated carbocycles. The van der Waals surface area contributed by atoms with E-state index in [2.05, 4.69) is 0 Å². The van der Waals surface area contributed by atoms with Crippen molar-refractivity contribution in [2.45, 2.75) is 19.1 Å². The monoisotopic (exact) mass is 243 g/mol. The Labute approximate surface area is 96.3 Å². The van der Waals surface area contributed by atoms with Crippen molar-refractivity contribution in [3.8, 4) is 0 Å². The van der Waals surface area contributed by atoms with Crippen LogP contribution in [-0.4, -0.2) is 19.5 Å². The Morgan fingerprint density at radius 3 is 2.50 bits per heavy atom. The molecule has 5 heteroatoms. The third-order valence-corrected chi connectivity index (χ3v) is 4.38. The Morgan fingerprint density at radius 1 is 1.38 bits per heavy atom. The van der Waals surface area contributed by atoms with Crippen molar-refractivity contribution in [2.75, 3.05) is 13.7 Å². The smallest absolute Gasteiger partial charge is 0.317 e. The van der Waals surface area contributed by atoms with E-state index >= 15 is 0 Å². The van der Waals surface area contributed by atoms with Crippen LogP contribution in [0.2, 0.25) is 0 Å². The van der Waals surface area contributed by atoms with Crippen LogP contribution in [0.4, 0.5) is 0 Å². The molecule has 0 heterocycles. The number of rotatable bonds is 6. The van der Waals surface area contributed by atoms with E-state index in [4.69, 9.17) is 14.8 Å². The molecule has 2 unspecified atom stereocenters. The zero-order chi connectivity index (χ0) is 12.0. The Morgan fingerprint density at radius 2 is 2.00 bits per heavy atom. The molecule has 0 aromatic heterocycles. The summed E-state index contributed by atoms with van der Waals surface area (Å²) in [7, 11) is -1.82. The first-order chi connectivity index (χ1) is 7.62. The maximum Gasteiger partial charge on any atom is 0.347 e. The fourth-order valence-corrected chi connectivity index (χ4v) is 2.79. The van der Waals surface area contributed by atoms with Crippen LogP contribution in [0.25, 0.3) is 0 Å². The number of nitrogens with two attached hydrogens (primary N) is 1. The van der Waals surface area contributed by atoms with Crippen LogP contribution >= 0.6 is 7.60 Å². The summed E-state index contributed by atoms with van der Waals surface area (Å²) in [6.45, 7) is 2.09. The summed E-state index contributed by atoms with van der Waals surface area (Å²) >= 11 is 0. The molecule has 1 rings (SSSR count). The quantitative estimate of drug-likeness (QED) is 0.779. The van der Waals surface area contributed by atoms with Gasteiger partial charge in [-0.1, -0.05) is 30.3 Å². The summed E-state index contributed by atoms with van der Waals surface area (Å²) in [5.41, 5.74) is 6.89. The van der Waals surface area contributed by atoms with Crippen molar-refractivity contribution in [1.29, 1.82) is 0 Å². The largest absolute Gasteiger partial charge is 0.347 e. The molecule has 0 aliphatic carbocycles. The average Bonchev–Trinajstić information content (AvgIpc) is 2.30. The number of hydrogen-bond acceptors (Lipinski definition) is 4. The van der Waals surface area contributed by atoms with E-state index < -0.39 is 13.4 Å².